The number of hydrogen-bond acceptors (Lipinski definition) is 5. The Morgan fingerprint density at radius 2 is 2.21 bits per heavy atom. The number of carboxylic acids is 1. The highest BCUT2D eigenvalue weighted by Crippen LogP contribution is 2.23. The first-order chi connectivity index (χ1) is 9.02. The van der Waals surface area contributed by atoms with Gasteiger partial charge in [-0.1, -0.05) is 0 Å². The number of aryl methyl sites for hydroxylation is 1. The van der Waals surface area contributed by atoms with Crippen LogP contribution in [-0.4, -0.2) is 42.2 Å². The molecule has 1 aromatic rings. The lowest BCUT2D eigenvalue weighted by molar-refractivity contribution is -0.140. The molecule has 19 heavy (non-hydrogen) atoms. The first-order valence-corrected chi connectivity index (χ1v) is 6.06. The number of carbonyl (C=O) groups excluding carboxylic acids is 1. The molecule has 0 spiro atoms. The summed E-state index contributed by atoms with van der Waals surface area (Å²) in [5.74, 6) is -0.830. The number of aromatic nitrogens is 1. The molecule has 1 unspecified atom stereocenters. The van der Waals surface area contributed by atoms with Gasteiger partial charge in [0.1, 0.15) is 5.82 Å². The average Bonchev–Trinajstić information content (AvgIpc) is 2.87. The highest BCUT2D eigenvalue weighted by atomic mass is 16.5. The molecule has 6 nitrogen and oxygen atoms in total. The quantitative estimate of drug-likeness (QED) is 0.823. The van der Waals surface area contributed by atoms with Crippen molar-refractivity contribution in [2.24, 2.45) is 5.92 Å². The van der Waals surface area contributed by atoms with Crippen LogP contribution in [0.5, 0.6) is 0 Å². The zero-order valence-electron chi connectivity index (χ0n) is 10.9. The molecule has 0 aliphatic carbocycles. The lowest BCUT2D eigenvalue weighted by Crippen LogP contribution is -2.24. The summed E-state index contributed by atoms with van der Waals surface area (Å²) in [5, 5.41) is 8.97. The third kappa shape index (κ3) is 2.67. The molecule has 1 fully saturated rings. The Labute approximate surface area is 111 Å². The van der Waals surface area contributed by atoms with Gasteiger partial charge in [0.25, 0.3) is 0 Å². The maximum Gasteiger partial charge on any atom is 0.339 e. The summed E-state index contributed by atoms with van der Waals surface area (Å²) in [7, 11) is 1.33. The van der Waals surface area contributed by atoms with E-state index in [0.717, 1.165) is 0 Å². The minimum absolute atomic E-state index is 0.345. The van der Waals surface area contributed by atoms with Crippen LogP contribution < -0.4 is 4.90 Å². The van der Waals surface area contributed by atoms with Crippen molar-refractivity contribution in [2.45, 2.75) is 13.3 Å². The van der Waals surface area contributed by atoms with Crippen LogP contribution in [0.15, 0.2) is 12.1 Å². The Morgan fingerprint density at radius 3 is 2.74 bits per heavy atom. The van der Waals surface area contributed by atoms with E-state index in [2.05, 4.69) is 9.72 Å². The average molecular weight is 264 g/mol. The summed E-state index contributed by atoms with van der Waals surface area (Å²) in [6, 6.07) is 3.39. The Hall–Kier alpha value is -2.11. The number of ether oxygens (including phenoxy) is 1. The van der Waals surface area contributed by atoms with Gasteiger partial charge >= 0.3 is 11.9 Å². The summed E-state index contributed by atoms with van der Waals surface area (Å²) in [6.45, 7) is 2.86. The van der Waals surface area contributed by atoms with Gasteiger partial charge in [-0.25, -0.2) is 9.78 Å². The van der Waals surface area contributed by atoms with Crippen molar-refractivity contribution in [1.82, 2.24) is 4.98 Å². The predicted octanol–water partition coefficient (Wildman–Crippen LogP) is 1.09. The van der Waals surface area contributed by atoms with Crippen LogP contribution in [0.1, 0.15) is 22.5 Å². The van der Waals surface area contributed by atoms with Gasteiger partial charge < -0.3 is 14.7 Å². The molecule has 1 aliphatic rings. The predicted molar refractivity (Wildman–Crippen MR) is 68.3 cm³/mol. The summed E-state index contributed by atoms with van der Waals surface area (Å²) >= 11 is 0. The minimum atomic E-state index is -0.773. The van der Waals surface area contributed by atoms with E-state index in [-0.39, 0.29) is 5.92 Å². The number of pyridine rings is 1. The number of esters is 1. The molecule has 0 saturated carbocycles. The van der Waals surface area contributed by atoms with Gasteiger partial charge in [-0.3, -0.25) is 4.79 Å². The number of nitrogens with zero attached hydrogens (tertiary/aromatic N) is 2. The molecule has 0 aromatic carbocycles. The standard InChI is InChI=1S/C13H16N2O4/c1-8-10(13(18)19-2)3-4-11(14-8)15-6-5-9(7-15)12(16)17/h3-4,9H,5-7H2,1-2H3,(H,16,17). The Morgan fingerprint density at radius 1 is 1.47 bits per heavy atom. The van der Waals surface area contributed by atoms with Crippen molar-refractivity contribution in [3.05, 3.63) is 23.4 Å². The summed E-state index contributed by atoms with van der Waals surface area (Å²) in [5.41, 5.74) is 1.02. The molecule has 1 saturated heterocycles. The van der Waals surface area contributed by atoms with Gasteiger partial charge in [-0.15, -0.1) is 0 Å². The van der Waals surface area contributed by atoms with Crippen LogP contribution in [0, 0.1) is 12.8 Å². The van der Waals surface area contributed by atoms with Gasteiger partial charge in [0, 0.05) is 13.1 Å². The molecular formula is C13H16N2O4. The van der Waals surface area contributed by atoms with Crippen molar-refractivity contribution in [2.75, 3.05) is 25.1 Å². The van der Waals surface area contributed by atoms with Crippen LogP contribution >= 0.6 is 0 Å². The van der Waals surface area contributed by atoms with Crippen molar-refractivity contribution in [3.8, 4) is 0 Å². The molecule has 2 heterocycles. The molecule has 1 aliphatic heterocycles. The maximum absolute atomic E-state index is 11.5. The Balaban J connectivity index is 2.17. The van der Waals surface area contributed by atoms with Gasteiger partial charge in [0.05, 0.1) is 24.3 Å². The van der Waals surface area contributed by atoms with Crippen LogP contribution in [0.4, 0.5) is 5.82 Å². The molecule has 0 radical (unpaired) electrons. The molecule has 1 atom stereocenters. The van der Waals surface area contributed by atoms with Crippen LogP contribution in [-0.2, 0) is 9.53 Å². The third-order valence-electron chi connectivity index (χ3n) is 3.34. The second-order valence-electron chi connectivity index (χ2n) is 4.56. The SMILES string of the molecule is COC(=O)c1ccc(N2CCC(C(=O)O)C2)nc1C. The monoisotopic (exact) mass is 264 g/mol. The van der Waals surface area contributed by atoms with Crippen LogP contribution in [0.3, 0.4) is 0 Å². The summed E-state index contributed by atoms with van der Waals surface area (Å²) in [6.07, 6.45) is 0.620. The fraction of sp³-hybridized carbons (Fsp3) is 0.462. The fourth-order valence-corrected chi connectivity index (χ4v) is 2.22. The van der Waals surface area contributed by atoms with E-state index in [4.69, 9.17) is 5.11 Å². The van der Waals surface area contributed by atoms with Gasteiger partial charge in [0.15, 0.2) is 0 Å². The molecule has 2 rings (SSSR count). The van der Waals surface area contributed by atoms with E-state index in [9.17, 15) is 9.59 Å². The van der Waals surface area contributed by atoms with E-state index in [1.54, 1.807) is 19.1 Å². The molecule has 6 heteroatoms. The van der Waals surface area contributed by atoms with E-state index in [1.807, 2.05) is 4.90 Å². The maximum atomic E-state index is 11.5. The summed E-state index contributed by atoms with van der Waals surface area (Å²) in [4.78, 5) is 28.6. The number of hydrogen-bond donors (Lipinski definition) is 1. The van der Waals surface area contributed by atoms with Gasteiger partial charge in [-0.2, -0.15) is 0 Å². The first-order valence-electron chi connectivity index (χ1n) is 6.06. The van der Waals surface area contributed by atoms with Gasteiger partial charge in [-0.05, 0) is 25.5 Å². The Kier molecular flexibility index (Phi) is 3.69. The van der Waals surface area contributed by atoms with Crippen molar-refractivity contribution < 1.29 is 19.4 Å². The van der Waals surface area contributed by atoms with Gasteiger partial charge in [0.2, 0.25) is 0 Å². The van der Waals surface area contributed by atoms with Crippen molar-refractivity contribution in [3.63, 3.8) is 0 Å². The zero-order valence-corrected chi connectivity index (χ0v) is 10.9. The minimum Gasteiger partial charge on any atom is -0.481 e. The Bertz CT molecular complexity index is 515. The van der Waals surface area contributed by atoms with Crippen LogP contribution in [0.25, 0.3) is 0 Å². The molecule has 0 amide bonds. The largest absolute Gasteiger partial charge is 0.481 e. The smallest absolute Gasteiger partial charge is 0.339 e. The molecule has 1 N–H and O–H groups in total. The lowest BCUT2D eigenvalue weighted by Gasteiger charge is -2.17. The second kappa shape index (κ2) is 5.26. The van der Waals surface area contributed by atoms with Crippen LogP contribution in [0.2, 0.25) is 0 Å². The second-order valence-corrected chi connectivity index (χ2v) is 4.56. The highest BCUT2D eigenvalue weighted by molar-refractivity contribution is 5.90. The molecule has 102 valence electrons. The first kappa shape index (κ1) is 13.3. The number of carboxylic acid groups (broad SMARTS) is 1. The van der Waals surface area contributed by atoms with E-state index < -0.39 is 11.9 Å². The van der Waals surface area contributed by atoms with E-state index in [0.29, 0.717) is 36.6 Å². The lowest BCUT2D eigenvalue weighted by atomic mass is 10.1. The number of aliphatic carboxylic acids is 1. The number of methoxy groups -OCH3 is 1. The number of anilines is 1. The molecular weight excluding hydrogens is 248 g/mol. The third-order valence-corrected chi connectivity index (χ3v) is 3.34. The molecule has 0 bridgehead atoms. The van der Waals surface area contributed by atoms with Crippen molar-refractivity contribution in [1.29, 1.82) is 0 Å². The van der Waals surface area contributed by atoms with E-state index >= 15 is 0 Å². The number of rotatable bonds is 3. The highest BCUT2D eigenvalue weighted by Gasteiger charge is 2.29. The summed E-state index contributed by atoms with van der Waals surface area (Å²) < 4.78 is 4.66. The fourth-order valence-electron chi connectivity index (χ4n) is 2.22. The van der Waals surface area contributed by atoms with E-state index in [1.165, 1.54) is 7.11 Å². The van der Waals surface area contributed by atoms with Crippen molar-refractivity contribution >= 4 is 17.8 Å². The normalized spacial score (nSPS) is 18.4. The number of carbonyl (C=O) groups is 2. The zero-order chi connectivity index (χ0) is 14.0. The molecule has 1 aromatic heterocycles. The topological polar surface area (TPSA) is 79.7 Å².